The van der Waals surface area contributed by atoms with Gasteiger partial charge in [0.2, 0.25) is 0 Å². The van der Waals surface area contributed by atoms with Crippen LogP contribution in [-0.2, 0) is 6.42 Å². The number of carbonyl (C=O) groups excluding carboxylic acids is 1. The van der Waals surface area contributed by atoms with Gasteiger partial charge in [-0.1, -0.05) is 70.2 Å². The number of nitrogens with one attached hydrogen (secondary N) is 1. The van der Waals surface area contributed by atoms with E-state index in [0.29, 0.717) is 25.4 Å². The van der Waals surface area contributed by atoms with E-state index in [9.17, 15) is 25.2 Å². The van der Waals surface area contributed by atoms with Crippen molar-refractivity contribution in [1.29, 1.82) is 0 Å². The third-order valence-corrected chi connectivity index (χ3v) is 7.60. The van der Waals surface area contributed by atoms with E-state index in [2.05, 4.69) is 46.3 Å². The van der Waals surface area contributed by atoms with Crippen molar-refractivity contribution in [1.82, 2.24) is 20.2 Å². The standard InChI is InChI=1S/C23H41NO6.C10H15ClN6O/c1-3-5-6-7-13-24(16-20(26)22(28)23(29)21(27)17-25)14-15-30-19-11-9-18(8-4-2)10-12-19;1-3-4-14-10(13)17-9(18)6-8(12)15-5(2)7(11)16-6/h9-12,20-23,25-29H,3-8,13-17H2,1-2H3;3-4H2,1-2H3,(H2,12,15)(H3,13,14,17,18). The van der Waals surface area contributed by atoms with Gasteiger partial charge >= 0.3 is 0 Å². The molecule has 0 aliphatic heterocycles. The lowest BCUT2D eigenvalue weighted by molar-refractivity contribution is -0.119. The smallest absolute Gasteiger partial charge is 0.280 e. The van der Waals surface area contributed by atoms with Crippen molar-refractivity contribution in [2.45, 2.75) is 97.1 Å². The molecule has 0 spiro atoms. The van der Waals surface area contributed by atoms with E-state index in [1.807, 2.05) is 24.0 Å². The predicted molar refractivity (Wildman–Crippen MR) is 188 cm³/mol. The zero-order chi connectivity index (χ0) is 36.1. The number of hydrogen-bond acceptors (Lipinski definition) is 12. The number of aryl methyl sites for hydroxylation is 2. The maximum absolute atomic E-state index is 11.8. The third kappa shape index (κ3) is 16.3. The van der Waals surface area contributed by atoms with Gasteiger partial charge in [-0.2, -0.15) is 0 Å². The van der Waals surface area contributed by atoms with E-state index in [1.165, 1.54) is 5.56 Å². The Bertz CT molecular complexity index is 1220. The summed E-state index contributed by atoms with van der Waals surface area (Å²) in [6, 6.07) is 8.05. The molecule has 2 aromatic rings. The highest BCUT2D eigenvalue weighted by molar-refractivity contribution is 6.30. The van der Waals surface area contributed by atoms with E-state index in [-0.39, 0.29) is 29.2 Å². The van der Waals surface area contributed by atoms with Crippen LogP contribution in [0.3, 0.4) is 0 Å². The number of ether oxygens (including phenoxy) is 1. The molecule has 0 aliphatic rings. The van der Waals surface area contributed by atoms with Gasteiger partial charge in [-0.05, 0) is 50.4 Å². The summed E-state index contributed by atoms with van der Waals surface area (Å²) in [5.74, 6) is 0.222. The lowest BCUT2D eigenvalue weighted by Crippen LogP contribution is -2.50. The van der Waals surface area contributed by atoms with Crippen LogP contribution in [0.5, 0.6) is 5.75 Å². The van der Waals surface area contributed by atoms with Gasteiger partial charge in [0.15, 0.2) is 22.6 Å². The van der Waals surface area contributed by atoms with Crippen molar-refractivity contribution >= 4 is 29.3 Å². The molecule has 48 heavy (non-hydrogen) atoms. The number of nitrogens with two attached hydrogens (primary N) is 2. The third-order valence-electron chi connectivity index (χ3n) is 7.24. The molecule has 0 aliphatic carbocycles. The number of aromatic nitrogens is 2. The molecular weight excluding hydrogens is 642 g/mol. The second-order valence-electron chi connectivity index (χ2n) is 11.5. The number of carbonyl (C=O) groups is 1. The Morgan fingerprint density at radius 2 is 1.65 bits per heavy atom. The summed E-state index contributed by atoms with van der Waals surface area (Å²) >= 11 is 5.78. The summed E-state index contributed by atoms with van der Waals surface area (Å²) in [5.41, 5.74) is 12.8. The number of halogens is 1. The number of nitrogens with zero attached hydrogens (tertiary/aromatic N) is 4. The van der Waals surface area contributed by atoms with E-state index >= 15 is 0 Å². The number of benzene rings is 1. The van der Waals surface area contributed by atoms with Gasteiger partial charge in [0.05, 0.1) is 18.4 Å². The molecule has 1 amide bonds. The normalized spacial score (nSPS) is 14.1. The molecule has 1 heterocycles. The molecule has 0 fully saturated rings. The second-order valence-corrected chi connectivity index (χ2v) is 11.8. The molecule has 0 radical (unpaired) electrons. The fraction of sp³-hybridized carbons (Fsp3) is 0.636. The van der Waals surface area contributed by atoms with Crippen molar-refractivity contribution in [3.63, 3.8) is 0 Å². The number of guanidine groups is 1. The molecule has 15 heteroatoms. The molecule has 0 saturated carbocycles. The minimum absolute atomic E-state index is 0.00214. The van der Waals surface area contributed by atoms with Gasteiger partial charge in [0.1, 0.15) is 30.7 Å². The first-order valence-electron chi connectivity index (χ1n) is 16.6. The van der Waals surface area contributed by atoms with E-state index in [1.54, 1.807) is 6.92 Å². The SMILES string of the molecule is CCCCCCN(CCOc1ccc(CCC)cc1)CC(O)C(O)C(O)C(O)CO.CCCN=C(N)NC(=O)c1nc(Cl)c(C)nc1N. The van der Waals surface area contributed by atoms with Crippen LogP contribution in [-0.4, -0.2) is 116 Å². The Balaban J connectivity index is 0.000000544. The number of nitrogen functional groups attached to an aromatic ring is 1. The monoisotopic (exact) mass is 697 g/mol. The van der Waals surface area contributed by atoms with E-state index < -0.39 is 36.9 Å². The Morgan fingerprint density at radius 3 is 2.25 bits per heavy atom. The highest BCUT2D eigenvalue weighted by atomic mass is 35.5. The van der Waals surface area contributed by atoms with Gasteiger partial charge in [0, 0.05) is 19.6 Å². The molecule has 10 N–H and O–H groups in total. The molecule has 1 aromatic carbocycles. The average molecular weight is 698 g/mol. The minimum atomic E-state index is -1.61. The maximum atomic E-state index is 11.8. The van der Waals surface area contributed by atoms with Crippen molar-refractivity contribution in [2.75, 3.05) is 45.1 Å². The molecule has 2 rings (SSSR count). The fourth-order valence-electron chi connectivity index (χ4n) is 4.46. The van der Waals surface area contributed by atoms with Crippen LogP contribution in [0.25, 0.3) is 0 Å². The summed E-state index contributed by atoms with van der Waals surface area (Å²) in [7, 11) is 0. The second kappa shape index (κ2) is 24.1. The van der Waals surface area contributed by atoms with Gasteiger partial charge in [0.25, 0.3) is 5.91 Å². The molecule has 14 nitrogen and oxygen atoms in total. The summed E-state index contributed by atoms with van der Waals surface area (Å²) in [4.78, 5) is 25.5. The molecule has 0 saturated heterocycles. The van der Waals surface area contributed by atoms with Crippen LogP contribution < -0.4 is 21.5 Å². The lowest BCUT2D eigenvalue weighted by atomic mass is 10.0. The highest BCUT2D eigenvalue weighted by Gasteiger charge is 2.31. The topological polar surface area (TPSA) is 233 Å². The average Bonchev–Trinajstić information content (AvgIpc) is 3.07. The Kier molecular flexibility index (Phi) is 21.5. The first-order valence-corrected chi connectivity index (χ1v) is 16.9. The Morgan fingerprint density at radius 1 is 0.979 bits per heavy atom. The number of aliphatic hydroxyl groups is 5. The van der Waals surface area contributed by atoms with E-state index in [0.717, 1.165) is 57.2 Å². The quantitative estimate of drug-likeness (QED) is 0.0562. The number of aliphatic hydroxyl groups excluding tert-OH is 5. The summed E-state index contributed by atoms with van der Waals surface area (Å²) < 4.78 is 5.83. The molecule has 272 valence electrons. The largest absolute Gasteiger partial charge is 0.492 e. The predicted octanol–water partition coefficient (Wildman–Crippen LogP) is 1.81. The van der Waals surface area contributed by atoms with Gasteiger partial charge in [-0.3, -0.25) is 20.0 Å². The summed E-state index contributed by atoms with van der Waals surface area (Å²) in [6.45, 7) is 9.60. The minimum Gasteiger partial charge on any atom is -0.492 e. The van der Waals surface area contributed by atoms with Crippen molar-refractivity contribution in [2.24, 2.45) is 10.7 Å². The summed E-state index contributed by atoms with van der Waals surface area (Å²) in [5, 5.41) is 51.2. The zero-order valence-electron chi connectivity index (χ0n) is 28.7. The van der Waals surface area contributed by atoms with Crippen molar-refractivity contribution < 1.29 is 35.1 Å². The van der Waals surface area contributed by atoms with Gasteiger partial charge < -0.3 is 41.7 Å². The van der Waals surface area contributed by atoms with Crippen LogP contribution in [0.2, 0.25) is 5.15 Å². The number of amides is 1. The summed E-state index contributed by atoms with van der Waals surface area (Å²) in [6.07, 6.45) is 1.39. The molecule has 4 unspecified atom stereocenters. The van der Waals surface area contributed by atoms with Crippen molar-refractivity contribution in [3.8, 4) is 5.75 Å². The highest BCUT2D eigenvalue weighted by Crippen LogP contribution is 2.15. The maximum Gasteiger partial charge on any atom is 0.280 e. The molecule has 4 atom stereocenters. The number of rotatable bonds is 20. The number of anilines is 1. The Hall–Kier alpha value is -3.11. The van der Waals surface area contributed by atoms with Crippen molar-refractivity contribution in [3.05, 3.63) is 46.4 Å². The van der Waals surface area contributed by atoms with Crippen LogP contribution in [0, 0.1) is 6.92 Å². The van der Waals surface area contributed by atoms with Crippen LogP contribution >= 0.6 is 11.6 Å². The molecular formula is C33H56ClN7O7. The van der Waals surface area contributed by atoms with Crippen LogP contribution in [0.15, 0.2) is 29.3 Å². The number of aliphatic imine (C=N–C) groups is 1. The van der Waals surface area contributed by atoms with Gasteiger partial charge in [-0.15, -0.1) is 0 Å². The molecule has 1 aromatic heterocycles. The first kappa shape index (κ1) is 42.9. The fourth-order valence-corrected chi connectivity index (χ4v) is 4.58. The van der Waals surface area contributed by atoms with Crippen LogP contribution in [0.4, 0.5) is 5.82 Å². The van der Waals surface area contributed by atoms with E-state index in [4.69, 9.17) is 32.9 Å². The number of unbranched alkanes of at least 4 members (excludes halogenated alkanes) is 3. The zero-order valence-corrected chi connectivity index (χ0v) is 29.4. The van der Waals surface area contributed by atoms with Crippen LogP contribution in [0.1, 0.15) is 81.0 Å². The molecule has 0 bridgehead atoms. The Labute approximate surface area is 289 Å². The number of hydrogen-bond donors (Lipinski definition) is 8. The van der Waals surface area contributed by atoms with Gasteiger partial charge in [-0.25, -0.2) is 9.97 Å². The first-order chi connectivity index (χ1) is 22.9. The lowest BCUT2D eigenvalue weighted by Gasteiger charge is -2.30.